The van der Waals surface area contributed by atoms with Crippen molar-refractivity contribution >= 4 is 11.9 Å². The Kier molecular flexibility index (Phi) is 7.30. The SMILES string of the molecule is O=C(O)CCCCCNC(=O)c1cccc(OCC(F)(F)F)n1. The van der Waals surface area contributed by atoms with Crippen LogP contribution in [0.25, 0.3) is 0 Å². The van der Waals surface area contributed by atoms with Crippen LogP contribution < -0.4 is 10.1 Å². The molecule has 9 heteroatoms. The van der Waals surface area contributed by atoms with E-state index in [1.54, 1.807) is 0 Å². The molecule has 128 valence electrons. The van der Waals surface area contributed by atoms with Crippen molar-refractivity contribution in [3.63, 3.8) is 0 Å². The normalized spacial score (nSPS) is 11.1. The molecule has 0 fully saturated rings. The second-order valence-corrected chi connectivity index (χ2v) is 4.73. The third-order valence-electron chi connectivity index (χ3n) is 2.69. The highest BCUT2D eigenvalue weighted by molar-refractivity contribution is 5.92. The van der Waals surface area contributed by atoms with E-state index < -0.39 is 24.7 Å². The molecule has 0 bridgehead atoms. The summed E-state index contributed by atoms with van der Waals surface area (Å²) in [6.07, 6.45) is -2.63. The highest BCUT2D eigenvalue weighted by Gasteiger charge is 2.28. The van der Waals surface area contributed by atoms with E-state index in [1.165, 1.54) is 18.2 Å². The molecule has 1 aromatic heterocycles. The van der Waals surface area contributed by atoms with Crippen LogP contribution in [0.4, 0.5) is 13.2 Å². The molecule has 23 heavy (non-hydrogen) atoms. The number of aromatic nitrogens is 1. The monoisotopic (exact) mass is 334 g/mol. The van der Waals surface area contributed by atoms with Crippen molar-refractivity contribution in [2.45, 2.75) is 31.9 Å². The molecule has 0 aromatic carbocycles. The Labute approximate surface area is 130 Å². The number of halogens is 3. The Morgan fingerprint density at radius 1 is 1.22 bits per heavy atom. The predicted octanol–water partition coefficient (Wildman–Crippen LogP) is 2.40. The fourth-order valence-electron chi connectivity index (χ4n) is 1.65. The van der Waals surface area contributed by atoms with E-state index in [1.807, 2.05) is 0 Å². The van der Waals surface area contributed by atoms with Crippen molar-refractivity contribution in [1.82, 2.24) is 10.3 Å². The molecule has 1 aromatic rings. The van der Waals surface area contributed by atoms with Crippen molar-refractivity contribution in [3.05, 3.63) is 23.9 Å². The van der Waals surface area contributed by atoms with Crippen molar-refractivity contribution < 1.29 is 32.6 Å². The van der Waals surface area contributed by atoms with Gasteiger partial charge in [-0.2, -0.15) is 13.2 Å². The highest BCUT2D eigenvalue weighted by Crippen LogP contribution is 2.17. The Hall–Kier alpha value is -2.32. The number of hydrogen-bond acceptors (Lipinski definition) is 4. The molecule has 0 aliphatic carbocycles. The van der Waals surface area contributed by atoms with Crippen molar-refractivity contribution in [2.24, 2.45) is 0 Å². The van der Waals surface area contributed by atoms with Crippen LogP contribution in [-0.2, 0) is 4.79 Å². The predicted molar refractivity (Wildman–Crippen MR) is 74.2 cm³/mol. The minimum atomic E-state index is -4.48. The topological polar surface area (TPSA) is 88.5 Å². The summed E-state index contributed by atoms with van der Waals surface area (Å²) >= 11 is 0. The van der Waals surface area contributed by atoms with Crippen LogP contribution in [0, 0.1) is 0 Å². The van der Waals surface area contributed by atoms with E-state index in [0.29, 0.717) is 25.8 Å². The smallest absolute Gasteiger partial charge is 0.422 e. The molecule has 6 nitrogen and oxygen atoms in total. The van der Waals surface area contributed by atoms with E-state index in [2.05, 4.69) is 15.0 Å². The Balaban J connectivity index is 2.37. The zero-order chi connectivity index (χ0) is 17.3. The number of carboxylic acids is 1. The highest BCUT2D eigenvalue weighted by atomic mass is 19.4. The van der Waals surface area contributed by atoms with Gasteiger partial charge in [0.15, 0.2) is 6.61 Å². The number of aliphatic carboxylic acids is 1. The number of amides is 1. The molecule has 0 unspecified atom stereocenters. The fourth-order valence-corrected chi connectivity index (χ4v) is 1.65. The maximum absolute atomic E-state index is 12.0. The van der Waals surface area contributed by atoms with Crippen LogP contribution >= 0.6 is 0 Å². The van der Waals surface area contributed by atoms with Crippen molar-refractivity contribution in [1.29, 1.82) is 0 Å². The number of carbonyl (C=O) groups excluding carboxylic acids is 1. The van der Waals surface area contributed by atoms with Gasteiger partial charge in [0.2, 0.25) is 5.88 Å². The Bertz CT molecular complexity index is 535. The van der Waals surface area contributed by atoms with Crippen LogP contribution in [0.3, 0.4) is 0 Å². The lowest BCUT2D eigenvalue weighted by Crippen LogP contribution is -2.26. The summed E-state index contributed by atoms with van der Waals surface area (Å²) < 4.78 is 40.6. The zero-order valence-corrected chi connectivity index (χ0v) is 12.2. The maximum Gasteiger partial charge on any atom is 0.422 e. The van der Waals surface area contributed by atoms with Gasteiger partial charge in [-0.15, -0.1) is 0 Å². The van der Waals surface area contributed by atoms with Gasteiger partial charge in [-0.1, -0.05) is 12.5 Å². The third kappa shape index (κ3) is 8.64. The first-order valence-electron chi connectivity index (χ1n) is 6.94. The number of ether oxygens (including phenoxy) is 1. The van der Waals surface area contributed by atoms with E-state index in [-0.39, 0.29) is 18.0 Å². The molecule has 1 amide bonds. The Morgan fingerprint density at radius 2 is 1.96 bits per heavy atom. The summed E-state index contributed by atoms with van der Waals surface area (Å²) in [6, 6.07) is 3.97. The van der Waals surface area contributed by atoms with E-state index in [0.717, 1.165) is 0 Å². The third-order valence-corrected chi connectivity index (χ3v) is 2.69. The van der Waals surface area contributed by atoms with Crippen molar-refractivity contribution in [2.75, 3.05) is 13.2 Å². The number of nitrogens with zero attached hydrogens (tertiary/aromatic N) is 1. The average molecular weight is 334 g/mol. The Morgan fingerprint density at radius 3 is 2.61 bits per heavy atom. The fraction of sp³-hybridized carbons (Fsp3) is 0.500. The lowest BCUT2D eigenvalue weighted by atomic mass is 10.2. The molecule has 0 aliphatic rings. The summed E-state index contributed by atoms with van der Waals surface area (Å²) in [6.45, 7) is -1.15. The number of nitrogens with one attached hydrogen (secondary N) is 1. The molecule has 0 saturated carbocycles. The summed E-state index contributed by atoms with van der Waals surface area (Å²) in [5, 5.41) is 11.0. The van der Waals surface area contributed by atoms with E-state index in [9.17, 15) is 22.8 Å². The van der Waals surface area contributed by atoms with Gasteiger partial charge >= 0.3 is 12.1 Å². The van der Waals surface area contributed by atoms with Crippen LogP contribution in [-0.4, -0.2) is 41.3 Å². The first kappa shape index (κ1) is 18.7. The first-order valence-corrected chi connectivity index (χ1v) is 6.94. The number of alkyl halides is 3. The van der Waals surface area contributed by atoms with Gasteiger partial charge in [0.25, 0.3) is 5.91 Å². The van der Waals surface area contributed by atoms with Crippen LogP contribution in [0.5, 0.6) is 5.88 Å². The second-order valence-electron chi connectivity index (χ2n) is 4.73. The van der Waals surface area contributed by atoms with Crippen LogP contribution in [0.1, 0.15) is 36.2 Å². The molecular weight excluding hydrogens is 317 g/mol. The lowest BCUT2D eigenvalue weighted by Gasteiger charge is -2.09. The standard InChI is InChI=1S/C14H17F3N2O4/c15-14(16,17)9-23-11-6-4-5-10(19-11)13(22)18-8-3-1-2-7-12(20)21/h4-6H,1-3,7-9H2,(H,18,22)(H,20,21). The van der Waals surface area contributed by atoms with Gasteiger partial charge in [-0.3, -0.25) is 9.59 Å². The zero-order valence-electron chi connectivity index (χ0n) is 12.2. The number of carboxylic acid groups (broad SMARTS) is 1. The number of carbonyl (C=O) groups is 2. The van der Waals surface area contributed by atoms with E-state index in [4.69, 9.17) is 5.11 Å². The molecule has 1 heterocycles. The summed E-state index contributed by atoms with van der Waals surface area (Å²) in [4.78, 5) is 25.8. The van der Waals surface area contributed by atoms with Gasteiger partial charge in [-0.05, 0) is 18.9 Å². The second kappa shape index (κ2) is 8.96. The molecule has 0 atom stereocenters. The summed E-state index contributed by atoms with van der Waals surface area (Å²) in [7, 11) is 0. The van der Waals surface area contributed by atoms with Crippen molar-refractivity contribution in [3.8, 4) is 5.88 Å². The molecular formula is C14H17F3N2O4. The molecule has 0 aliphatic heterocycles. The minimum Gasteiger partial charge on any atom is -0.481 e. The van der Waals surface area contributed by atoms with Gasteiger partial charge in [0.1, 0.15) is 5.69 Å². The number of hydrogen-bond donors (Lipinski definition) is 2. The molecule has 0 radical (unpaired) electrons. The van der Waals surface area contributed by atoms with Crippen LogP contribution in [0.15, 0.2) is 18.2 Å². The molecule has 0 spiro atoms. The first-order chi connectivity index (χ1) is 10.8. The quantitative estimate of drug-likeness (QED) is 0.677. The minimum absolute atomic E-state index is 0.0461. The summed E-state index contributed by atoms with van der Waals surface area (Å²) in [5.41, 5.74) is -0.0461. The maximum atomic E-state index is 12.0. The summed E-state index contributed by atoms with van der Waals surface area (Å²) in [5.74, 6) is -1.67. The number of unbranched alkanes of at least 4 members (excludes halogenated alkanes) is 2. The largest absolute Gasteiger partial charge is 0.481 e. The number of pyridine rings is 1. The van der Waals surface area contributed by atoms with Crippen LogP contribution in [0.2, 0.25) is 0 Å². The average Bonchev–Trinajstić information content (AvgIpc) is 2.48. The van der Waals surface area contributed by atoms with E-state index >= 15 is 0 Å². The molecule has 2 N–H and O–H groups in total. The number of rotatable bonds is 9. The molecule has 1 rings (SSSR count). The molecule has 0 saturated heterocycles. The van der Waals surface area contributed by atoms with Gasteiger partial charge in [0.05, 0.1) is 0 Å². The lowest BCUT2D eigenvalue weighted by molar-refractivity contribution is -0.154. The van der Waals surface area contributed by atoms with Gasteiger partial charge in [-0.25, -0.2) is 4.98 Å². The van der Waals surface area contributed by atoms with Gasteiger partial charge in [0, 0.05) is 19.0 Å². The van der Waals surface area contributed by atoms with Gasteiger partial charge < -0.3 is 15.2 Å².